The molecule has 0 aromatic rings. The highest BCUT2D eigenvalue weighted by atomic mass is 16.4. The second kappa shape index (κ2) is 6.12. The third-order valence-corrected chi connectivity index (χ3v) is 1.60. The first-order valence-corrected chi connectivity index (χ1v) is 4.49. The fourth-order valence-electron chi connectivity index (χ4n) is 0.981. The second-order valence-corrected chi connectivity index (χ2v) is 3.11. The highest BCUT2D eigenvalue weighted by Gasteiger charge is 2.20. The summed E-state index contributed by atoms with van der Waals surface area (Å²) in [7, 11) is 0. The lowest BCUT2D eigenvalue weighted by Crippen LogP contribution is -2.41. The van der Waals surface area contributed by atoms with Crippen molar-refractivity contribution in [3.8, 4) is 0 Å². The standard InChI is InChI=1S/C9H15NO4/c1-3-4-8(12)10-7(9(13)14)5-6(2)11/h7H,3-5H2,1-2H3,(H,10,12)(H,13,14). The van der Waals surface area contributed by atoms with Crippen molar-refractivity contribution in [1.29, 1.82) is 0 Å². The molecule has 80 valence electrons. The van der Waals surface area contributed by atoms with Crippen molar-refractivity contribution in [1.82, 2.24) is 5.32 Å². The average Bonchev–Trinajstić information content (AvgIpc) is 2.02. The molecule has 0 aromatic carbocycles. The summed E-state index contributed by atoms with van der Waals surface area (Å²) in [5.41, 5.74) is 0. The number of rotatable bonds is 6. The number of ketones is 1. The number of Topliss-reactive ketones (excluding diaryl/α,β-unsaturated/α-hetero) is 1. The number of carboxylic acids is 1. The molecular formula is C9H15NO4. The molecule has 0 aromatic heterocycles. The molecule has 0 saturated carbocycles. The Labute approximate surface area is 82.5 Å². The van der Waals surface area contributed by atoms with Crippen LogP contribution in [0.2, 0.25) is 0 Å². The van der Waals surface area contributed by atoms with Crippen molar-refractivity contribution in [3.05, 3.63) is 0 Å². The summed E-state index contributed by atoms with van der Waals surface area (Å²) in [6, 6.07) is -1.09. The van der Waals surface area contributed by atoms with E-state index in [-0.39, 0.29) is 24.5 Å². The highest BCUT2D eigenvalue weighted by Crippen LogP contribution is 1.96. The van der Waals surface area contributed by atoms with Gasteiger partial charge in [0, 0.05) is 12.8 Å². The Morgan fingerprint density at radius 3 is 2.29 bits per heavy atom. The second-order valence-electron chi connectivity index (χ2n) is 3.11. The van der Waals surface area contributed by atoms with E-state index in [0.29, 0.717) is 6.42 Å². The van der Waals surface area contributed by atoms with Gasteiger partial charge in [-0.1, -0.05) is 6.92 Å². The predicted octanol–water partition coefficient (Wildman–Crippen LogP) is 0.335. The van der Waals surface area contributed by atoms with Crippen LogP contribution in [0.15, 0.2) is 0 Å². The van der Waals surface area contributed by atoms with E-state index in [1.165, 1.54) is 6.92 Å². The summed E-state index contributed by atoms with van der Waals surface area (Å²) in [4.78, 5) is 32.3. The van der Waals surface area contributed by atoms with Gasteiger partial charge in [-0.3, -0.25) is 9.59 Å². The Kier molecular flexibility index (Phi) is 5.52. The Morgan fingerprint density at radius 2 is 1.93 bits per heavy atom. The molecule has 0 saturated heterocycles. The third-order valence-electron chi connectivity index (χ3n) is 1.60. The number of aliphatic carboxylic acids is 1. The highest BCUT2D eigenvalue weighted by molar-refractivity contribution is 5.88. The Hall–Kier alpha value is -1.39. The average molecular weight is 201 g/mol. The minimum atomic E-state index is -1.18. The van der Waals surface area contributed by atoms with Crippen LogP contribution in [-0.4, -0.2) is 28.8 Å². The van der Waals surface area contributed by atoms with Gasteiger partial charge in [0.1, 0.15) is 11.8 Å². The maximum absolute atomic E-state index is 11.1. The number of carbonyl (C=O) groups excluding carboxylic acids is 2. The first-order chi connectivity index (χ1) is 6.47. The van der Waals surface area contributed by atoms with E-state index in [0.717, 1.165) is 0 Å². The summed E-state index contributed by atoms with van der Waals surface area (Å²) < 4.78 is 0. The third kappa shape index (κ3) is 5.29. The zero-order valence-electron chi connectivity index (χ0n) is 8.37. The van der Waals surface area contributed by atoms with Gasteiger partial charge < -0.3 is 10.4 Å². The number of amides is 1. The van der Waals surface area contributed by atoms with Gasteiger partial charge in [-0.05, 0) is 13.3 Å². The summed E-state index contributed by atoms with van der Waals surface area (Å²) >= 11 is 0. The number of hydrogen-bond acceptors (Lipinski definition) is 3. The summed E-state index contributed by atoms with van der Waals surface area (Å²) in [6.45, 7) is 3.11. The van der Waals surface area contributed by atoms with Crippen LogP contribution in [0.3, 0.4) is 0 Å². The van der Waals surface area contributed by atoms with Crippen LogP contribution in [0.25, 0.3) is 0 Å². The van der Waals surface area contributed by atoms with Gasteiger partial charge in [-0.2, -0.15) is 0 Å². The van der Waals surface area contributed by atoms with Crippen molar-refractivity contribution in [2.24, 2.45) is 0 Å². The molecule has 5 heteroatoms. The minimum Gasteiger partial charge on any atom is -0.480 e. The lowest BCUT2D eigenvalue weighted by molar-refractivity contribution is -0.143. The molecule has 1 atom stereocenters. The molecule has 0 bridgehead atoms. The molecule has 0 fully saturated rings. The molecule has 2 N–H and O–H groups in total. The van der Waals surface area contributed by atoms with Crippen molar-refractivity contribution in [3.63, 3.8) is 0 Å². The van der Waals surface area contributed by atoms with E-state index >= 15 is 0 Å². The lowest BCUT2D eigenvalue weighted by Gasteiger charge is -2.12. The van der Waals surface area contributed by atoms with E-state index in [1.54, 1.807) is 0 Å². The van der Waals surface area contributed by atoms with Crippen molar-refractivity contribution in [2.45, 2.75) is 39.2 Å². The number of carboxylic acid groups (broad SMARTS) is 1. The maximum Gasteiger partial charge on any atom is 0.326 e. The number of carbonyl (C=O) groups is 3. The number of nitrogens with one attached hydrogen (secondary N) is 1. The van der Waals surface area contributed by atoms with Gasteiger partial charge in [-0.25, -0.2) is 4.79 Å². The first-order valence-electron chi connectivity index (χ1n) is 4.49. The molecule has 5 nitrogen and oxygen atoms in total. The van der Waals surface area contributed by atoms with Crippen LogP contribution in [0.4, 0.5) is 0 Å². The van der Waals surface area contributed by atoms with Crippen LogP contribution >= 0.6 is 0 Å². The van der Waals surface area contributed by atoms with Crippen LogP contribution in [0.1, 0.15) is 33.1 Å². The molecule has 14 heavy (non-hydrogen) atoms. The normalized spacial score (nSPS) is 11.9. The van der Waals surface area contributed by atoms with Crippen LogP contribution < -0.4 is 5.32 Å². The SMILES string of the molecule is CCCC(=O)NC(CC(C)=O)C(=O)O. The molecule has 0 spiro atoms. The van der Waals surface area contributed by atoms with E-state index in [9.17, 15) is 14.4 Å². The monoisotopic (exact) mass is 201 g/mol. The Balaban J connectivity index is 4.16. The Morgan fingerprint density at radius 1 is 1.36 bits per heavy atom. The van der Waals surface area contributed by atoms with Gasteiger partial charge in [-0.15, -0.1) is 0 Å². The van der Waals surface area contributed by atoms with Crippen molar-refractivity contribution in [2.75, 3.05) is 0 Å². The van der Waals surface area contributed by atoms with E-state index in [4.69, 9.17) is 5.11 Å². The van der Waals surface area contributed by atoms with Crippen molar-refractivity contribution >= 4 is 17.7 Å². The smallest absolute Gasteiger partial charge is 0.326 e. The molecule has 0 heterocycles. The van der Waals surface area contributed by atoms with Gasteiger partial charge in [0.15, 0.2) is 0 Å². The summed E-state index contributed by atoms with van der Waals surface area (Å²) in [6.07, 6.45) is 0.769. The topological polar surface area (TPSA) is 83.5 Å². The molecule has 0 aliphatic carbocycles. The Bertz CT molecular complexity index is 237. The summed E-state index contributed by atoms with van der Waals surface area (Å²) in [5.74, 6) is -1.76. The van der Waals surface area contributed by atoms with Gasteiger partial charge >= 0.3 is 5.97 Å². The van der Waals surface area contributed by atoms with Gasteiger partial charge in [0.2, 0.25) is 5.91 Å². The lowest BCUT2D eigenvalue weighted by atomic mass is 10.1. The molecular weight excluding hydrogens is 186 g/mol. The quantitative estimate of drug-likeness (QED) is 0.648. The zero-order valence-corrected chi connectivity index (χ0v) is 8.37. The van der Waals surface area contributed by atoms with Gasteiger partial charge in [0.25, 0.3) is 0 Å². The van der Waals surface area contributed by atoms with Crippen LogP contribution in [0.5, 0.6) is 0 Å². The first kappa shape index (κ1) is 12.6. The molecule has 0 radical (unpaired) electrons. The molecule has 0 aliphatic rings. The van der Waals surface area contributed by atoms with E-state index in [2.05, 4.69) is 5.32 Å². The van der Waals surface area contributed by atoms with E-state index < -0.39 is 12.0 Å². The van der Waals surface area contributed by atoms with Gasteiger partial charge in [0.05, 0.1) is 0 Å². The molecule has 0 aliphatic heterocycles. The molecule has 1 unspecified atom stereocenters. The fraction of sp³-hybridized carbons (Fsp3) is 0.667. The molecule has 0 rings (SSSR count). The van der Waals surface area contributed by atoms with Crippen molar-refractivity contribution < 1.29 is 19.5 Å². The van der Waals surface area contributed by atoms with E-state index in [1.807, 2.05) is 6.92 Å². The summed E-state index contributed by atoms with van der Waals surface area (Å²) in [5, 5.41) is 11.0. The largest absolute Gasteiger partial charge is 0.480 e. The maximum atomic E-state index is 11.1. The molecule has 1 amide bonds. The number of hydrogen-bond donors (Lipinski definition) is 2. The zero-order chi connectivity index (χ0) is 11.1. The minimum absolute atomic E-state index is 0.162. The fourth-order valence-corrected chi connectivity index (χ4v) is 0.981. The van der Waals surface area contributed by atoms with Crippen LogP contribution in [0, 0.1) is 0 Å². The van der Waals surface area contributed by atoms with Crippen LogP contribution in [-0.2, 0) is 14.4 Å². The predicted molar refractivity (Wildman–Crippen MR) is 49.8 cm³/mol.